The van der Waals surface area contributed by atoms with E-state index >= 15 is 0 Å². The molecule has 190 valence electrons. The number of carbonyl (C=O) groups excluding carboxylic acids is 1. The van der Waals surface area contributed by atoms with Crippen LogP contribution in [-0.4, -0.2) is 24.5 Å². The van der Waals surface area contributed by atoms with Crippen LogP contribution in [0.15, 0.2) is 47.4 Å². The van der Waals surface area contributed by atoms with Gasteiger partial charge in [0.15, 0.2) is 9.84 Å². The Kier molecular flexibility index (Phi) is 7.65. The van der Waals surface area contributed by atoms with E-state index in [0.29, 0.717) is 28.6 Å². The molecule has 0 fully saturated rings. The number of aromatic nitrogens is 1. The number of fused-ring (bicyclic) bond motifs is 1. The quantitative estimate of drug-likeness (QED) is 0.313. The number of nitrogens with zero attached hydrogens (tertiary/aromatic N) is 1. The van der Waals surface area contributed by atoms with Crippen molar-refractivity contribution in [1.82, 2.24) is 4.57 Å². The number of ketones is 1. The van der Waals surface area contributed by atoms with Crippen molar-refractivity contribution >= 4 is 38.1 Å². The molecule has 0 spiro atoms. The molecule has 0 aliphatic carbocycles. The van der Waals surface area contributed by atoms with E-state index in [1.807, 2.05) is 71.0 Å². The van der Waals surface area contributed by atoms with Crippen molar-refractivity contribution < 1.29 is 13.2 Å². The van der Waals surface area contributed by atoms with E-state index in [-0.39, 0.29) is 17.5 Å². The monoisotopic (exact) mass is 515 g/mol. The minimum Gasteiger partial charge on any atom is -0.339 e. The molecule has 35 heavy (non-hydrogen) atoms. The molecule has 0 aliphatic rings. The lowest BCUT2D eigenvalue weighted by atomic mass is 9.84. The molecule has 0 saturated heterocycles. The molecule has 0 atom stereocenters. The van der Waals surface area contributed by atoms with Crippen molar-refractivity contribution in [2.24, 2.45) is 10.8 Å². The molecule has 0 aliphatic heterocycles. The van der Waals surface area contributed by atoms with Crippen LogP contribution in [-0.2, 0) is 27.6 Å². The first-order valence-electron chi connectivity index (χ1n) is 12.1. The molecule has 0 N–H and O–H groups in total. The summed E-state index contributed by atoms with van der Waals surface area (Å²) in [5.41, 5.74) is 2.55. The second-order valence-electron chi connectivity index (χ2n) is 11.9. The third kappa shape index (κ3) is 6.18. The van der Waals surface area contributed by atoms with Gasteiger partial charge in [-0.2, -0.15) is 0 Å². The molecule has 0 saturated carbocycles. The highest BCUT2D eigenvalue weighted by Gasteiger charge is 2.35. The molecule has 0 radical (unpaired) electrons. The van der Waals surface area contributed by atoms with Gasteiger partial charge in [-0.25, -0.2) is 8.42 Å². The van der Waals surface area contributed by atoms with Crippen LogP contribution in [0.2, 0.25) is 5.02 Å². The number of carbonyl (C=O) groups is 1. The maximum atomic E-state index is 14.0. The predicted molar refractivity (Wildman–Crippen MR) is 146 cm³/mol. The average molecular weight is 516 g/mol. The fourth-order valence-electron chi connectivity index (χ4n) is 4.41. The van der Waals surface area contributed by atoms with Gasteiger partial charge in [-0.15, -0.1) is 0 Å². The van der Waals surface area contributed by atoms with E-state index in [9.17, 15) is 13.2 Å². The summed E-state index contributed by atoms with van der Waals surface area (Å²) in [6, 6.07) is 13.7. The van der Waals surface area contributed by atoms with E-state index in [1.165, 1.54) is 0 Å². The van der Waals surface area contributed by atoms with E-state index in [4.69, 9.17) is 11.6 Å². The van der Waals surface area contributed by atoms with E-state index in [1.54, 1.807) is 6.92 Å². The van der Waals surface area contributed by atoms with Gasteiger partial charge in [-0.1, -0.05) is 78.3 Å². The normalized spacial score (nSPS) is 13.1. The van der Waals surface area contributed by atoms with Gasteiger partial charge in [0.1, 0.15) is 5.78 Å². The van der Waals surface area contributed by atoms with Crippen molar-refractivity contribution in [2.45, 2.75) is 79.2 Å². The Bertz CT molecular complexity index is 1340. The number of Topliss-reactive ketones (excluding diaryl/α,β-unsaturated/α-hetero) is 1. The van der Waals surface area contributed by atoms with Crippen LogP contribution in [0.25, 0.3) is 10.9 Å². The Labute approximate surface area is 215 Å². The average Bonchev–Trinajstić information content (AvgIpc) is 3.00. The van der Waals surface area contributed by atoms with E-state index in [0.717, 1.165) is 22.0 Å². The summed E-state index contributed by atoms with van der Waals surface area (Å²) in [6.07, 6.45) is 0.334. The van der Waals surface area contributed by atoms with Gasteiger partial charge >= 0.3 is 0 Å². The summed E-state index contributed by atoms with van der Waals surface area (Å²) >= 11 is 6.11. The SMILES string of the molecule is CC(=O)C(C)(C)Cc1c(S(=O)(=O)CC(C)(C)C)c2cc(C(C)C)ccc2n1Cc1ccc(Cl)cc1. The van der Waals surface area contributed by atoms with Crippen molar-refractivity contribution in [3.8, 4) is 0 Å². The highest BCUT2D eigenvalue weighted by Crippen LogP contribution is 2.39. The molecule has 1 heterocycles. The zero-order valence-electron chi connectivity index (χ0n) is 22.2. The first-order chi connectivity index (χ1) is 16.0. The van der Waals surface area contributed by atoms with Crippen LogP contribution in [0, 0.1) is 10.8 Å². The van der Waals surface area contributed by atoms with Gasteiger partial charge in [0.05, 0.1) is 10.6 Å². The van der Waals surface area contributed by atoms with Crippen LogP contribution in [0.3, 0.4) is 0 Å². The lowest BCUT2D eigenvalue weighted by molar-refractivity contribution is -0.124. The molecule has 3 rings (SSSR count). The van der Waals surface area contributed by atoms with Gasteiger partial charge in [0, 0.05) is 40.0 Å². The third-order valence-corrected chi connectivity index (χ3v) is 9.14. The fraction of sp³-hybridized carbons (Fsp3) is 0.483. The molecular formula is C29H38ClNO3S. The standard InChI is InChI=1S/C29H38ClNO3S/c1-19(2)22-11-14-25-24(15-22)27(35(33,34)18-28(4,5)6)26(16-29(7,8)20(3)32)31(25)17-21-9-12-23(30)13-10-21/h9-15,19H,16-18H2,1-8H3. The molecule has 1 aromatic heterocycles. The Hall–Kier alpha value is -2.11. The summed E-state index contributed by atoms with van der Waals surface area (Å²) < 4.78 is 30.1. The van der Waals surface area contributed by atoms with Crippen molar-refractivity contribution in [3.05, 3.63) is 64.3 Å². The number of hydrogen-bond donors (Lipinski definition) is 0. The summed E-state index contributed by atoms with van der Waals surface area (Å²) in [5.74, 6) is 0.316. The number of benzene rings is 2. The van der Waals surface area contributed by atoms with Crippen LogP contribution in [0.1, 0.15) is 78.1 Å². The first-order valence-corrected chi connectivity index (χ1v) is 14.2. The highest BCUT2D eigenvalue weighted by molar-refractivity contribution is 7.91. The summed E-state index contributed by atoms with van der Waals surface area (Å²) in [7, 11) is -3.65. The summed E-state index contributed by atoms with van der Waals surface area (Å²) in [5, 5.41) is 1.39. The maximum absolute atomic E-state index is 14.0. The lowest BCUT2D eigenvalue weighted by Gasteiger charge is -2.24. The zero-order chi connectivity index (χ0) is 26.3. The molecule has 6 heteroatoms. The smallest absolute Gasteiger partial charge is 0.181 e. The zero-order valence-corrected chi connectivity index (χ0v) is 23.8. The molecule has 0 bridgehead atoms. The summed E-state index contributed by atoms with van der Waals surface area (Å²) in [4.78, 5) is 12.9. The van der Waals surface area contributed by atoms with Crippen molar-refractivity contribution in [1.29, 1.82) is 0 Å². The Morgan fingerprint density at radius 3 is 2.11 bits per heavy atom. The van der Waals surface area contributed by atoms with Crippen LogP contribution in [0.4, 0.5) is 0 Å². The molecular weight excluding hydrogens is 478 g/mol. The Morgan fingerprint density at radius 2 is 1.60 bits per heavy atom. The lowest BCUT2D eigenvalue weighted by Crippen LogP contribution is -2.28. The molecule has 0 unspecified atom stereocenters. The highest BCUT2D eigenvalue weighted by atomic mass is 35.5. The first kappa shape index (κ1) is 27.5. The molecule has 4 nitrogen and oxygen atoms in total. The Balaban J connectivity index is 2.41. The van der Waals surface area contributed by atoms with Gasteiger partial charge in [-0.05, 0) is 53.6 Å². The number of sulfone groups is 1. The van der Waals surface area contributed by atoms with Crippen LogP contribution in [0.5, 0.6) is 0 Å². The van der Waals surface area contributed by atoms with Gasteiger partial charge in [0.25, 0.3) is 0 Å². The fourth-order valence-corrected chi connectivity index (χ4v) is 6.86. The van der Waals surface area contributed by atoms with Crippen molar-refractivity contribution in [3.63, 3.8) is 0 Å². The number of rotatable bonds is 8. The van der Waals surface area contributed by atoms with E-state index < -0.39 is 20.7 Å². The second-order valence-corrected chi connectivity index (χ2v) is 14.2. The summed E-state index contributed by atoms with van der Waals surface area (Å²) in [6.45, 7) is 15.9. The van der Waals surface area contributed by atoms with Crippen LogP contribution >= 0.6 is 11.6 Å². The predicted octanol–water partition coefficient (Wildman–Crippen LogP) is 7.44. The Morgan fingerprint density at radius 1 is 1.00 bits per heavy atom. The minimum atomic E-state index is -3.65. The number of halogens is 1. The van der Waals surface area contributed by atoms with Gasteiger partial charge < -0.3 is 4.57 Å². The van der Waals surface area contributed by atoms with Gasteiger partial charge in [0.2, 0.25) is 0 Å². The maximum Gasteiger partial charge on any atom is 0.181 e. The third-order valence-electron chi connectivity index (χ3n) is 6.56. The second kappa shape index (κ2) is 9.74. The van der Waals surface area contributed by atoms with Crippen LogP contribution < -0.4 is 0 Å². The van der Waals surface area contributed by atoms with Crippen molar-refractivity contribution in [2.75, 3.05) is 5.75 Å². The van der Waals surface area contributed by atoms with Gasteiger partial charge in [-0.3, -0.25) is 4.79 Å². The topological polar surface area (TPSA) is 56.1 Å². The molecule has 3 aromatic rings. The largest absolute Gasteiger partial charge is 0.339 e. The molecule has 0 amide bonds. The molecule has 2 aromatic carbocycles. The van der Waals surface area contributed by atoms with E-state index in [2.05, 4.69) is 24.5 Å². The minimum absolute atomic E-state index is 0.0272. The number of hydrogen-bond acceptors (Lipinski definition) is 3.